The molecule has 55 heavy (non-hydrogen) atoms. The third kappa shape index (κ3) is 40.7. The molecule has 2 atom stereocenters. The Kier molecular flexibility index (Phi) is 37.4. The van der Waals surface area contributed by atoms with Gasteiger partial charge in [-0.15, -0.1) is 0 Å². The van der Waals surface area contributed by atoms with Gasteiger partial charge in [0.05, 0.1) is 13.2 Å². The number of hydrogen-bond donors (Lipinski definition) is 1. The summed E-state index contributed by atoms with van der Waals surface area (Å²) in [6.07, 6.45) is 47.8. The van der Waals surface area contributed by atoms with Crippen LogP contribution in [0.3, 0.4) is 0 Å². The SMILES string of the molecule is CC/C=C\C/C=C\C/C=C\C/C=C\C/C=C\CCCC(=O)OC(COC(=O)CCCCCCC/C=C\C/C=C\CCCCC)COP(=O)(O)OCCN(C)C. The molecule has 0 radical (unpaired) electrons. The normalized spacial score (nSPS) is 14.3. The molecule has 10 heteroatoms. The molecule has 9 nitrogen and oxygen atoms in total. The van der Waals surface area contributed by atoms with E-state index in [2.05, 4.69) is 92.8 Å². The van der Waals surface area contributed by atoms with Gasteiger partial charge < -0.3 is 19.3 Å². The lowest BCUT2D eigenvalue weighted by molar-refractivity contribution is -0.161. The van der Waals surface area contributed by atoms with Crippen LogP contribution in [0.15, 0.2) is 85.1 Å². The number of carbonyl (C=O) groups is 2. The molecule has 0 bridgehead atoms. The van der Waals surface area contributed by atoms with Crippen LogP contribution in [0, 0.1) is 0 Å². The minimum absolute atomic E-state index is 0.0103. The molecular formula is C45H76NO8P. The molecule has 0 aliphatic rings. The minimum Gasteiger partial charge on any atom is -0.462 e. The molecular weight excluding hydrogens is 713 g/mol. The van der Waals surface area contributed by atoms with Crippen molar-refractivity contribution >= 4 is 19.8 Å². The first-order valence-corrected chi connectivity index (χ1v) is 22.4. The van der Waals surface area contributed by atoms with E-state index in [1.807, 2.05) is 20.2 Å². The van der Waals surface area contributed by atoms with Crippen molar-refractivity contribution in [2.75, 3.05) is 40.5 Å². The van der Waals surface area contributed by atoms with Crippen LogP contribution in [0.4, 0.5) is 0 Å². The van der Waals surface area contributed by atoms with Gasteiger partial charge in [-0.05, 0) is 97.6 Å². The van der Waals surface area contributed by atoms with E-state index in [4.69, 9.17) is 18.5 Å². The second kappa shape index (κ2) is 39.4. The maximum Gasteiger partial charge on any atom is 0.472 e. The number of hydrogen-bond acceptors (Lipinski definition) is 8. The molecule has 0 aromatic carbocycles. The lowest BCUT2D eigenvalue weighted by Gasteiger charge is -2.20. The second-order valence-electron chi connectivity index (χ2n) is 13.8. The fourth-order valence-corrected chi connectivity index (χ4v) is 5.73. The van der Waals surface area contributed by atoms with Gasteiger partial charge in [-0.25, -0.2) is 4.57 Å². The summed E-state index contributed by atoms with van der Waals surface area (Å²) in [5, 5.41) is 0. The van der Waals surface area contributed by atoms with E-state index in [0.29, 0.717) is 25.8 Å². The minimum atomic E-state index is -4.38. The third-order valence-electron chi connectivity index (χ3n) is 8.19. The zero-order chi connectivity index (χ0) is 40.5. The highest BCUT2D eigenvalue weighted by atomic mass is 31.2. The summed E-state index contributed by atoms with van der Waals surface area (Å²) in [6, 6.07) is 0. The van der Waals surface area contributed by atoms with E-state index < -0.39 is 32.5 Å². The molecule has 0 aromatic rings. The van der Waals surface area contributed by atoms with Crippen molar-refractivity contribution in [3.05, 3.63) is 85.1 Å². The van der Waals surface area contributed by atoms with Crippen molar-refractivity contribution in [1.82, 2.24) is 4.90 Å². The van der Waals surface area contributed by atoms with Gasteiger partial charge in [-0.3, -0.25) is 18.6 Å². The number of esters is 2. The first kappa shape index (κ1) is 52.2. The Labute approximate surface area is 335 Å². The molecule has 1 N–H and O–H groups in total. The van der Waals surface area contributed by atoms with Crippen molar-refractivity contribution in [2.24, 2.45) is 0 Å². The van der Waals surface area contributed by atoms with Crippen molar-refractivity contribution in [3.63, 3.8) is 0 Å². The van der Waals surface area contributed by atoms with Gasteiger partial charge >= 0.3 is 19.8 Å². The monoisotopic (exact) mass is 790 g/mol. The smallest absolute Gasteiger partial charge is 0.462 e. The molecule has 2 unspecified atom stereocenters. The van der Waals surface area contributed by atoms with Gasteiger partial charge in [-0.1, -0.05) is 131 Å². The molecule has 0 aliphatic heterocycles. The summed E-state index contributed by atoms with van der Waals surface area (Å²) in [4.78, 5) is 36.9. The molecule has 0 aromatic heterocycles. The number of allylic oxidation sites excluding steroid dienone is 14. The second-order valence-corrected chi connectivity index (χ2v) is 15.2. The maximum absolute atomic E-state index is 12.6. The average Bonchev–Trinajstić information content (AvgIpc) is 3.15. The highest BCUT2D eigenvalue weighted by Crippen LogP contribution is 2.43. The summed E-state index contributed by atoms with van der Waals surface area (Å²) >= 11 is 0. The molecule has 314 valence electrons. The number of phosphoric ester groups is 1. The fourth-order valence-electron chi connectivity index (χ4n) is 4.99. The fraction of sp³-hybridized carbons (Fsp3) is 0.644. The zero-order valence-corrected chi connectivity index (χ0v) is 35.7. The summed E-state index contributed by atoms with van der Waals surface area (Å²) in [5.74, 6) is -0.897. The van der Waals surface area contributed by atoms with Crippen LogP contribution in [0.5, 0.6) is 0 Å². The van der Waals surface area contributed by atoms with Crippen LogP contribution in [-0.2, 0) is 32.7 Å². The molecule has 0 heterocycles. The lowest BCUT2D eigenvalue weighted by atomic mass is 10.1. The molecule has 0 amide bonds. The van der Waals surface area contributed by atoms with Gasteiger partial charge in [0.2, 0.25) is 0 Å². The molecule has 0 fully saturated rings. The van der Waals surface area contributed by atoms with E-state index in [1.165, 1.54) is 25.7 Å². The van der Waals surface area contributed by atoms with E-state index in [0.717, 1.165) is 70.6 Å². The predicted molar refractivity (Wildman–Crippen MR) is 229 cm³/mol. The molecule has 0 saturated heterocycles. The quantitative estimate of drug-likeness (QED) is 0.0284. The standard InChI is InChI=1S/C45H76NO8P/c1-5-7-9-11-13-15-17-19-21-22-24-26-28-30-32-34-36-38-45(48)54-43(42-53-55(49,50)52-40-39-46(3)4)41-51-44(47)37-35-33-31-29-27-25-23-20-18-16-14-12-10-8-6-2/h7,9,13-16,19-21,23-24,26,30,32,43H,5-6,8,10-12,17-18,22,25,27-29,31,33-42H2,1-4H3,(H,49,50)/b9-7-,15-13-,16-14-,21-19-,23-20-,26-24-,32-30-. The number of likely N-dealkylation sites (N-methyl/N-ethyl adjacent to an activating group) is 1. The third-order valence-corrected chi connectivity index (χ3v) is 9.17. The van der Waals surface area contributed by atoms with Crippen LogP contribution in [-0.4, -0.2) is 68.3 Å². The van der Waals surface area contributed by atoms with Crippen LogP contribution in [0.1, 0.15) is 142 Å². The Morgan fingerprint density at radius 3 is 1.60 bits per heavy atom. The molecule has 0 aliphatic carbocycles. The van der Waals surface area contributed by atoms with Gasteiger partial charge in [0, 0.05) is 19.4 Å². The van der Waals surface area contributed by atoms with Gasteiger partial charge in [0.15, 0.2) is 6.10 Å². The zero-order valence-electron chi connectivity index (χ0n) is 34.8. The number of phosphoric acid groups is 1. The number of ether oxygens (including phenoxy) is 2. The molecule has 0 spiro atoms. The van der Waals surface area contributed by atoms with Gasteiger partial charge in [0.1, 0.15) is 6.61 Å². The van der Waals surface area contributed by atoms with Crippen molar-refractivity contribution in [1.29, 1.82) is 0 Å². The summed E-state index contributed by atoms with van der Waals surface area (Å²) in [5.41, 5.74) is 0. The van der Waals surface area contributed by atoms with E-state index in [9.17, 15) is 19.0 Å². The first-order valence-electron chi connectivity index (χ1n) is 20.9. The predicted octanol–water partition coefficient (Wildman–Crippen LogP) is 11.9. The molecule has 0 rings (SSSR count). The highest BCUT2D eigenvalue weighted by Gasteiger charge is 2.26. The number of nitrogens with zero attached hydrogens (tertiary/aromatic N) is 1. The summed E-state index contributed by atoms with van der Waals surface area (Å²) in [7, 11) is -0.759. The van der Waals surface area contributed by atoms with Crippen molar-refractivity contribution in [3.8, 4) is 0 Å². The van der Waals surface area contributed by atoms with Gasteiger partial charge in [0.25, 0.3) is 0 Å². The lowest BCUT2D eigenvalue weighted by Crippen LogP contribution is -2.29. The van der Waals surface area contributed by atoms with E-state index >= 15 is 0 Å². The average molecular weight is 790 g/mol. The van der Waals surface area contributed by atoms with Crippen molar-refractivity contribution < 1.29 is 37.6 Å². The highest BCUT2D eigenvalue weighted by molar-refractivity contribution is 7.47. The summed E-state index contributed by atoms with van der Waals surface area (Å²) < 4.78 is 33.3. The van der Waals surface area contributed by atoms with E-state index in [1.54, 1.807) is 4.90 Å². The topological polar surface area (TPSA) is 112 Å². The maximum atomic E-state index is 12.6. The van der Waals surface area contributed by atoms with Crippen LogP contribution in [0.2, 0.25) is 0 Å². The Hall–Kier alpha value is -2.81. The van der Waals surface area contributed by atoms with Crippen LogP contribution in [0.25, 0.3) is 0 Å². The van der Waals surface area contributed by atoms with Crippen molar-refractivity contribution in [2.45, 2.75) is 148 Å². The van der Waals surface area contributed by atoms with Crippen LogP contribution >= 0.6 is 7.82 Å². The van der Waals surface area contributed by atoms with E-state index in [-0.39, 0.29) is 26.1 Å². The number of rotatable bonds is 37. The largest absolute Gasteiger partial charge is 0.472 e. The Bertz CT molecular complexity index is 1190. The Morgan fingerprint density at radius 2 is 1.05 bits per heavy atom. The Morgan fingerprint density at radius 1 is 0.582 bits per heavy atom. The number of carbonyl (C=O) groups excluding carboxylic acids is 2. The number of unbranched alkanes of at least 4 members (excludes halogenated alkanes) is 9. The molecule has 0 saturated carbocycles. The first-order chi connectivity index (χ1) is 26.7. The summed E-state index contributed by atoms with van der Waals surface area (Å²) in [6.45, 7) is 4.07. The Balaban J connectivity index is 4.47. The van der Waals surface area contributed by atoms with Gasteiger partial charge in [-0.2, -0.15) is 0 Å². The van der Waals surface area contributed by atoms with Crippen LogP contribution < -0.4 is 0 Å².